The number of nitrogens with zero attached hydrogens (tertiary/aromatic N) is 3. The predicted molar refractivity (Wildman–Crippen MR) is 66.5 cm³/mol. The van der Waals surface area contributed by atoms with Crippen molar-refractivity contribution in [2.75, 3.05) is 5.32 Å². The van der Waals surface area contributed by atoms with Crippen LogP contribution in [0.3, 0.4) is 0 Å². The fourth-order valence-electron chi connectivity index (χ4n) is 2.42. The highest BCUT2D eigenvalue weighted by Crippen LogP contribution is 2.32. The number of aromatic nitrogens is 2. The summed E-state index contributed by atoms with van der Waals surface area (Å²) in [6.07, 6.45) is 2.40. The molecular formula is C13H18N4. The maximum absolute atomic E-state index is 8.87. The van der Waals surface area contributed by atoms with E-state index in [2.05, 4.69) is 35.2 Å². The van der Waals surface area contributed by atoms with Gasteiger partial charge in [0, 0.05) is 11.7 Å². The Bertz CT molecular complexity index is 449. The van der Waals surface area contributed by atoms with E-state index >= 15 is 0 Å². The Hall–Kier alpha value is -1.63. The van der Waals surface area contributed by atoms with Gasteiger partial charge in [-0.1, -0.05) is 13.8 Å². The van der Waals surface area contributed by atoms with Crippen molar-refractivity contribution < 1.29 is 0 Å². The first-order chi connectivity index (χ1) is 8.10. The third kappa shape index (κ3) is 2.55. The zero-order valence-electron chi connectivity index (χ0n) is 10.6. The molecule has 1 fully saturated rings. The molecule has 3 atom stereocenters. The van der Waals surface area contributed by atoms with E-state index in [1.807, 2.05) is 6.92 Å². The Balaban J connectivity index is 2.14. The molecule has 1 saturated carbocycles. The van der Waals surface area contributed by atoms with Gasteiger partial charge in [-0.25, -0.2) is 9.97 Å². The highest BCUT2D eigenvalue weighted by atomic mass is 15.1. The van der Waals surface area contributed by atoms with Crippen LogP contribution in [0.5, 0.6) is 0 Å². The standard InChI is InChI=1S/C13H18N4/c1-8-4-5-12(10(8)3)17-13-15-9(2)6-11(7-14)16-13/h6,8,10,12H,4-5H2,1-3H3,(H,15,16,17). The molecule has 1 aliphatic carbocycles. The van der Waals surface area contributed by atoms with Crippen LogP contribution in [0.15, 0.2) is 6.07 Å². The lowest BCUT2D eigenvalue weighted by atomic mass is 9.98. The largest absolute Gasteiger partial charge is 0.351 e. The lowest BCUT2D eigenvalue weighted by Gasteiger charge is -2.19. The summed E-state index contributed by atoms with van der Waals surface area (Å²) in [6, 6.07) is 4.19. The van der Waals surface area contributed by atoms with E-state index < -0.39 is 0 Å². The Morgan fingerprint density at radius 1 is 1.35 bits per heavy atom. The summed E-state index contributed by atoms with van der Waals surface area (Å²) in [5.74, 6) is 1.96. The number of nitriles is 1. The van der Waals surface area contributed by atoms with Gasteiger partial charge in [0.2, 0.25) is 5.95 Å². The average Bonchev–Trinajstić information content (AvgIpc) is 2.60. The van der Waals surface area contributed by atoms with E-state index in [9.17, 15) is 0 Å². The first-order valence-corrected chi connectivity index (χ1v) is 6.12. The van der Waals surface area contributed by atoms with Crippen LogP contribution in [0.25, 0.3) is 0 Å². The zero-order chi connectivity index (χ0) is 12.4. The Labute approximate surface area is 102 Å². The summed E-state index contributed by atoms with van der Waals surface area (Å²) in [7, 11) is 0. The minimum Gasteiger partial charge on any atom is -0.351 e. The fourth-order valence-corrected chi connectivity index (χ4v) is 2.42. The van der Waals surface area contributed by atoms with Gasteiger partial charge in [0.1, 0.15) is 11.8 Å². The van der Waals surface area contributed by atoms with Crippen LogP contribution in [0.1, 0.15) is 38.1 Å². The van der Waals surface area contributed by atoms with Gasteiger partial charge in [-0.2, -0.15) is 5.26 Å². The van der Waals surface area contributed by atoms with Gasteiger partial charge in [0.15, 0.2) is 0 Å². The molecule has 0 aromatic carbocycles. The monoisotopic (exact) mass is 230 g/mol. The third-order valence-electron chi connectivity index (χ3n) is 3.75. The summed E-state index contributed by atoms with van der Waals surface area (Å²) in [5.41, 5.74) is 1.26. The SMILES string of the molecule is Cc1cc(C#N)nc(NC2CCC(C)C2C)n1. The molecule has 1 aromatic rings. The molecule has 0 bridgehead atoms. The summed E-state index contributed by atoms with van der Waals surface area (Å²) in [5, 5.41) is 12.2. The first-order valence-electron chi connectivity index (χ1n) is 6.12. The molecule has 1 heterocycles. The highest BCUT2D eigenvalue weighted by Gasteiger charge is 2.30. The lowest BCUT2D eigenvalue weighted by molar-refractivity contribution is 0.434. The zero-order valence-corrected chi connectivity index (χ0v) is 10.6. The van der Waals surface area contributed by atoms with Gasteiger partial charge in [-0.05, 0) is 37.7 Å². The molecule has 3 unspecified atom stereocenters. The minimum absolute atomic E-state index is 0.429. The number of aryl methyl sites for hydroxylation is 1. The van der Waals surface area contributed by atoms with Crippen molar-refractivity contribution in [1.82, 2.24) is 9.97 Å². The van der Waals surface area contributed by atoms with E-state index in [4.69, 9.17) is 5.26 Å². The summed E-state index contributed by atoms with van der Waals surface area (Å²) in [6.45, 7) is 6.43. The molecule has 0 saturated heterocycles. The average molecular weight is 230 g/mol. The van der Waals surface area contributed by atoms with Crippen LogP contribution < -0.4 is 5.32 Å². The van der Waals surface area contributed by atoms with Gasteiger partial charge in [-0.3, -0.25) is 0 Å². The second-order valence-electron chi connectivity index (χ2n) is 4.99. The second kappa shape index (κ2) is 4.70. The number of hydrogen-bond acceptors (Lipinski definition) is 4. The normalized spacial score (nSPS) is 27.8. The minimum atomic E-state index is 0.429. The van der Waals surface area contributed by atoms with E-state index in [0.29, 0.717) is 23.6 Å². The maximum Gasteiger partial charge on any atom is 0.224 e. The van der Waals surface area contributed by atoms with Crippen LogP contribution in [-0.4, -0.2) is 16.0 Å². The second-order valence-corrected chi connectivity index (χ2v) is 4.99. The molecule has 0 amide bonds. The van der Waals surface area contributed by atoms with Crippen molar-refractivity contribution in [2.45, 2.75) is 39.7 Å². The Morgan fingerprint density at radius 3 is 2.71 bits per heavy atom. The van der Waals surface area contributed by atoms with Crippen molar-refractivity contribution in [1.29, 1.82) is 5.26 Å². The first kappa shape index (κ1) is 11.8. The number of hydrogen-bond donors (Lipinski definition) is 1. The van der Waals surface area contributed by atoms with Gasteiger partial charge in [0.05, 0.1) is 0 Å². The van der Waals surface area contributed by atoms with Crippen molar-refractivity contribution in [2.24, 2.45) is 11.8 Å². The molecule has 90 valence electrons. The number of rotatable bonds is 2. The molecular weight excluding hydrogens is 212 g/mol. The molecule has 4 heteroatoms. The van der Waals surface area contributed by atoms with E-state index in [1.54, 1.807) is 6.07 Å². The van der Waals surface area contributed by atoms with Gasteiger partial charge in [-0.15, -0.1) is 0 Å². The molecule has 0 radical (unpaired) electrons. The molecule has 1 aliphatic rings. The summed E-state index contributed by atoms with van der Waals surface area (Å²) in [4.78, 5) is 8.52. The van der Waals surface area contributed by atoms with Crippen molar-refractivity contribution in [3.63, 3.8) is 0 Å². The molecule has 2 rings (SSSR count). The van der Waals surface area contributed by atoms with Gasteiger partial charge in [0.25, 0.3) is 0 Å². The third-order valence-corrected chi connectivity index (χ3v) is 3.75. The van der Waals surface area contributed by atoms with Crippen LogP contribution in [0, 0.1) is 30.1 Å². The molecule has 1 aromatic heterocycles. The molecule has 1 N–H and O–H groups in total. The molecule has 4 nitrogen and oxygen atoms in total. The number of anilines is 1. The van der Waals surface area contributed by atoms with Crippen LogP contribution in [-0.2, 0) is 0 Å². The summed E-state index contributed by atoms with van der Waals surface area (Å²) >= 11 is 0. The lowest BCUT2D eigenvalue weighted by Crippen LogP contribution is -2.25. The maximum atomic E-state index is 8.87. The Kier molecular flexibility index (Phi) is 3.28. The molecule has 17 heavy (non-hydrogen) atoms. The number of nitrogens with one attached hydrogen (secondary N) is 1. The van der Waals surface area contributed by atoms with Crippen LogP contribution in [0.4, 0.5) is 5.95 Å². The molecule has 0 aliphatic heterocycles. The predicted octanol–water partition coefficient (Wildman–Crippen LogP) is 2.50. The summed E-state index contributed by atoms with van der Waals surface area (Å²) < 4.78 is 0. The fraction of sp³-hybridized carbons (Fsp3) is 0.615. The molecule has 0 spiro atoms. The highest BCUT2D eigenvalue weighted by molar-refractivity contribution is 5.34. The smallest absolute Gasteiger partial charge is 0.224 e. The van der Waals surface area contributed by atoms with E-state index in [-0.39, 0.29) is 0 Å². The van der Waals surface area contributed by atoms with Crippen molar-refractivity contribution in [3.8, 4) is 6.07 Å². The van der Waals surface area contributed by atoms with Gasteiger partial charge < -0.3 is 5.32 Å². The van der Waals surface area contributed by atoms with E-state index in [0.717, 1.165) is 18.0 Å². The topological polar surface area (TPSA) is 61.6 Å². The van der Waals surface area contributed by atoms with Gasteiger partial charge >= 0.3 is 0 Å². The quantitative estimate of drug-likeness (QED) is 0.848. The van der Waals surface area contributed by atoms with Crippen molar-refractivity contribution in [3.05, 3.63) is 17.5 Å². The van der Waals surface area contributed by atoms with Crippen molar-refractivity contribution >= 4 is 5.95 Å². The van der Waals surface area contributed by atoms with Crippen LogP contribution in [0.2, 0.25) is 0 Å². The Morgan fingerprint density at radius 2 is 2.12 bits per heavy atom. The van der Waals surface area contributed by atoms with Crippen LogP contribution >= 0.6 is 0 Å². The van der Waals surface area contributed by atoms with E-state index in [1.165, 1.54) is 6.42 Å².